The third-order valence-electron chi connectivity index (χ3n) is 3.84. The number of nitrogens with zero attached hydrogens (tertiary/aromatic N) is 3. The Morgan fingerprint density at radius 1 is 1.04 bits per heavy atom. The molecule has 142 valence electrons. The molecule has 0 aliphatic rings. The fraction of sp³-hybridized carbons (Fsp3) is 0.222. The third kappa shape index (κ3) is 4.84. The molecule has 0 aliphatic carbocycles. The van der Waals surface area contributed by atoms with Gasteiger partial charge in [0.05, 0.1) is 5.02 Å². The summed E-state index contributed by atoms with van der Waals surface area (Å²) >= 11 is 26.1. The Labute approximate surface area is 181 Å². The molecule has 0 aliphatic heterocycles. The number of hydrogen-bond donors (Lipinski definition) is 0. The molecular weight excluding hydrogens is 448 g/mol. The molecular formula is C18H15Cl4N3OS. The van der Waals surface area contributed by atoms with Crippen LogP contribution in [-0.4, -0.2) is 14.8 Å². The van der Waals surface area contributed by atoms with E-state index in [-0.39, 0.29) is 6.10 Å². The molecule has 1 aromatic heterocycles. The summed E-state index contributed by atoms with van der Waals surface area (Å²) in [6, 6.07) is 10.5. The van der Waals surface area contributed by atoms with Crippen LogP contribution in [0.1, 0.15) is 24.4 Å². The Bertz CT molecular complexity index is 944. The summed E-state index contributed by atoms with van der Waals surface area (Å²) < 4.78 is 7.79. The topological polar surface area (TPSA) is 39.9 Å². The van der Waals surface area contributed by atoms with Crippen LogP contribution in [0.25, 0.3) is 0 Å². The molecule has 3 rings (SSSR count). The van der Waals surface area contributed by atoms with Crippen LogP contribution in [0.2, 0.25) is 20.1 Å². The molecule has 0 saturated heterocycles. The van der Waals surface area contributed by atoms with Crippen molar-refractivity contribution in [1.29, 1.82) is 0 Å². The minimum atomic E-state index is -0.364. The lowest BCUT2D eigenvalue weighted by Gasteiger charge is -2.15. The summed E-state index contributed by atoms with van der Waals surface area (Å²) in [7, 11) is 1.88. The van der Waals surface area contributed by atoms with E-state index in [0.29, 0.717) is 37.4 Å². The van der Waals surface area contributed by atoms with Crippen molar-refractivity contribution in [3.8, 4) is 5.75 Å². The summed E-state index contributed by atoms with van der Waals surface area (Å²) in [5.41, 5.74) is 0.866. The maximum atomic E-state index is 6.23. The number of hydrogen-bond acceptors (Lipinski definition) is 4. The highest BCUT2D eigenvalue weighted by atomic mass is 35.5. The molecule has 1 heterocycles. The van der Waals surface area contributed by atoms with E-state index in [1.807, 2.05) is 36.7 Å². The van der Waals surface area contributed by atoms with E-state index in [2.05, 4.69) is 10.2 Å². The van der Waals surface area contributed by atoms with E-state index in [1.54, 1.807) is 18.2 Å². The van der Waals surface area contributed by atoms with Crippen molar-refractivity contribution in [3.63, 3.8) is 0 Å². The van der Waals surface area contributed by atoms with Crippen molar-refractivity contribution >= 4 is 58.2 Å². The van der Waals surface area contributed by atoms with E-state index in [4.69, 9.17) is 51.1 Å². The van der Waals surface area contributed by atoms with Crippen molar-refractivity contribution in [3.05, 3.63) is 67.9 Å². The number of halogens is 4. The van der Waals surface area contributed by atoms with Gasteiger partial charge < -0.3 is 9.30 Å². The third-order valence-corrected chi connectivity index (χ3v) is 6.14. The zero-order valence-electron chi connectivity index (χ0n) is 14.4. The van der Waals surface area contributed by atoms with Gasteiger partial charge in [0, 0.05) is 33.9 Å². The van der Waals surface area contributed by atoms with E-state index in [0.717, 1.165) is 10.7 Å². The van der Waals surface area contributed by atoms with Gasteiger partial charge in [-0.3, -0.25) is 0 Å². The van der Waals surface area contributed by atoms with Crippen molar-refractivity contribution in [2.24, 2.45) is 7.05 Å². The first-order valence-corrected chi connectivity index (χ1v) is 10.4. The molecule has 1 atom stereocenters. The van der Waals surface area contributed by atoms with Crippen LogP contribution < -0.4 is 4.74 Å². The zero-order chi connectivity index (χ0) is 19.6. The lowest BCUT2D eigenvalue weighted by atomic mass is 10.2. The highest BCUT2D eigenvalue weighted by Gasteiger charge is 2.19. The van der Waals surface area contributed by atoms with Gasteiger partial charge in [0.25, 0.3) is 0 Å². The molecule has 0 amide bonds. The molecule has 27 heavy (non-hydrogen) atoms. The second-order valence-corrected chi connectivity index (χ2v) is 8.32. The summed E-state index contributed by atoms with van der Waals surface area (Å²) in [4.78, 5) is 0. The van der Waals surface area contributed by atoms with E-state index in [9.17, 15) is 0 Å². The summed E-state index contributed by atoms with van der Waals surface area (Å²) in [6.07, 6.45) is -0.364. The fourth-order valence-corrected chi connectivity index (χ4v) is 4.41. The average molecular weight is 463 g/mol. The van der Waals surface area contributed by atoms with Gasteiger partial charge in [0.1, 0.15) is 5.75 Å². The first-order chi connectivity index (χ1) is 12.9. The SMILES string of the molecule is CC(Oc1cc(Cl)ccc1Cl)c1nnc(SCc2c(Cl)cccc2Cl)n1C. The summed E-state index contributed by atoms with van der Waals surface area (Å²) in [5, 5.41) is 11.5. The smallest absolute Gasteiger partial charge is 0.191 e. The molecule has 1 unspecified atom stereocenters. The highest BCUT2D eigenvalue weighted by Crippen LogP contribution is 2.33. The number of thioether (sulfide) groups is 1. The van der Waals surface area contributed by atoms with E-state index in [1.165, 1.54) is 11.8 Å². The maximum Gasteiger partial charge on any atom is 0.191 e. The van der Waals surface area contributed by atoms with E-state index < -0.39 is 0 Å². The van der Waals surface area contributed by atoms with Gasteiger partial charge in [-0.05, 0) is 36.8 Å². The van der Waals surface area contributed by atoms with Crippen LogP contribution in [0.15, 0.2) is 41.6 Å². The first-order valence-electron chi connectivity index (χ1n) is 7.93. The Morgan fingerprint density at radius 2 is 1.74 bits per heavy atom. The second-order valence-electron chi connectivity index (χ2n) is 5.72. The van der Waals surface area contributed by atoms with Crippen LogP contribution in [0.4, 0.5) is 0 Å². The Balaban J connectivity index is 1.73. The van der Waals surface area contributed by atoms with Crippen molar-refractivity contribution in [2.75, 3.05) is 0 Å². The summed E-state index contributed by atoms with van der Waals surface area (Å²) in [6.45, 7) is 1.88. The molecule has 9 heteroatoms. The lowest BCUT2D eigenvalue weighted by Crippen LogP contribution is -2.10. The first kappa shape index (κ1) is 20.6. The van der Waals surface area contributed by atoms with Crippen LogP contribution >= 0.6 is 58.2 Å². The molecule has 3 aromatic rings. The van der Waals surface area contributed by atoms with Gasteiger partial charge in [0.15, 0.2) is 17.1 Å². The molecule has 0 saturated carbocycles. The van der Waals surface area contributed by atoms with E-state index >= 15 is 0 Å². The largest absolute Gasteiger partial charge is 0.481 e. The lowest BCUT2D eigenvalue weighted by molar-refractivity contribution is 0.211. The van der Waals surface area contributed by atoms with Crippen LogP contribution in [0.3, 0.4) is 0 Å². The average Bonchev–Trinajstić information content (AvgIpc) is 2.98. The number of aromatic nitrogens is 3. The van der Waals surface area contributed by atoms with Gasteiger partial charge in [0.2, 0.25) is 0 Å². The molecule has 0 fully saturated rings. The monoisotopic (exact) mass is 461 g/mol. The maximum absolute atomic E-state index is 6.23. The number of benzene rings is 2. The number of ether oxygens (including phenoxy) is 1. The van der Waals surface area contributed by atoms with Crippen LogP contribution in [0.5, 0.6) is 5.75 Å². The number of rotatable bonds is 6. The van der Waals surface area contributed by atoms with Gasteiger partial charge in [-0.25, -0.2) is 0 Å². The van der Waals surface area contributed by atoms with Crippen molar-refractivity contribution < 1.29 is 4.74 Å². The van der Waals surface area contributed by atoms with Gasteiger partial charge in [-0.15, -0.1) is 10.2 Å². The van der Waals surface area contributed by atoms with Gasteiger partial charge in [-0.1, -0.05) is 64.2 Å². The van der Waals surface area contributed by atoms with Crippen LogP contribution in [-0.2, 0) is 12.8 Å². The molecule has 4 nitrogen and oxygen atoms in total. The molecule has 0 radical (unpaired) electrons. The standard InChI is InChI=1S/C18H15Cl4N3OS/c1-10(26-16-8-11(19)6-7-15(16)22)17-23-24-18(25(17)2)27-9-12-13(20)4-3-5-14(12)21/h3-8,10H,9H2,1-2H3. The minimum absolute atomic E-state index is 0.364. The Kier molecular flexibility index (Phi) is 6.82. The predicted molar refractivity (Wildman–Crippen MR) is 113 cm³/mol. The predicted octanol–water partition coefficient (Wildman–Crippen LogP) is 6.86. The van der Waals surface area contributed by atoms with Gasteiger partial charge >= 0.3 is 0 Å². The Hall–Kier alpha value is -1.11. The molecule has 2 aromatic carbocycles. The molecule has 0 bridgehead atoms. The zero-order valence-corrected chi connectivity index (χ0v) is 18.3. The quantitative estimate of drug-likeness (QED) is 0.375. The molecule has 0 N–H and O–H groups in total. The normalized spacial score (nSPS) is 12.2. The highest BCUT2D eigenvalue weighted by molar-refractivity contribution is 7.98. The second kappa shape index (κ2) is 8.93. The summed E-state index contributed by atoms with van der Waals surface area (Å²) in [5.74, 6) is 1.75. The minimum Gasteiger partial charge on any atom is -0.481 e. The van der Waals surface area contributed by atoms with Crippen molar-refractivity contribution in [1.82, 2.24) is 14.8 Å². The Morgan fingerprint density at radius 3 is 2.44 bits per heavy atom. The van der Waals surface area contributed by atoms with Crippen molar-refractivity contribution in [2.45, 2.75) is 23.9 Å². The fourth-order valence-electron chi connectivity index (χ4n) is 2.42. The molecule has 0 spiro atoms. The van der Waals surface area contributed by atoms with Gasteiger partial charge in [-0.2, -0.15) is 0 Å². The van der Waals surface area contributed by atoms with Crippen LogP contribution in [0, 0.1) is 0 Å².